The van der Waals surface area contributed by atoms with E-state index in [0.717, 1.165) is 12.1 Å². The van der Waals surface area contributed by atoms with E-state index in [4.69, 9.17) is 0 Å². The van der Waals surface area contributed by atoms with Crippen molar-refractivity contribution in [3.05, 3.63) is 59.4 Å². The number of benzene rings is 1. The number of hydrogen-bond acceptors (Lipinski definition) is 4. The first-order valence-electron chi connectivity index (χ1n) is 8.38. The number of amides is 1. The number of ketones is 1. The molecule has 1 aromatic carbocycles. The van der Waals surface area contributed by atoms with Crippen LogP contribution in [0, 0.1) is 0 Å². The molecule has 29 heavy (non-hydrogen) atoms. The Morgan fingerprint density at radius 2 is 1.72 bits per heavy atom. The molecular formula is C19H17F5N2O3. The van der Waals surface area contributed by atoms with Crippen molar-refractivity contribution in [3.63, 3.8) is 0 Å². The maximum atomic E-state index is 12.9. The number of carbonyl (C=O) groups is 2. The van der Waals surface area contributed by atoms with Crippen molar-refractivity contribution in [2.24, 2.45) is 0 Å². The van der Waals surface area contributed by atoms with Gasteiger partial charge in [-0.25, -0.2) is 0 Å². The molecule has 1 atom stereocenters. The Balaban J connectivity index is 2.05. The highest BCUT2D eigenvalue weighted by Gasteiger charge is 2.61. The van der Waals surface area contributed by atoms with Gasteiger partial charge in [0.15, 0.2) is 0 Å². The molecule has 1 N–H and O–H groups in total. The average Bonchev–Trinajstić information content (AvgIpc) is 2.60. The molecule has 0 aliphatic heterocycles. The first-order chi connectivity index (χ1) is 13.4. The molecule has 5 nitrogen and oxygen atoms in total. The van der Waals surface area contributed by atoms with Gasteiger partial charge in [0.05, 0.1) is 6.04 Å². The number of halogens is 5. The van der Waals surface area contributed by atoms with Crippen LogP contribution >= 0.6 is 0 Å². The molecule has 1 amide bonds. The highest BCUT2D eigenvalue weighted by atomic mass is 19.4. The summed E-state index contributed by atoms with van der Waals surface area (Å²) < 4.78 is 66.1. The second-order valence-electron chi connectivity index (χ2n) is 6.30. The van der Waals surface area contributed by atoms with Gasteiger partial charge in [0.1, 0.15) is 11.5 Å². The van der Waals surface area contributed by atoms with E-state index in [1.54, 1.807) is 6.92 Å². The first-order valence-corrected chi connectivity index (χ1v) is 8.38. The van der Waals surface area contributed by atoms with E-state index in [2.05, 4.69) is 15.0 Å². The van der Waals surface area contributed by atoms with Gasteiger partial charge >= 0.3 is 12.3 Å². The lowest BCUT2D eigenvalue weighted by Crippen LogP contribution is -2.41. The minimum absolute atomic E-state index is 0.0840. The van der Waals surface area contributed by atoms with Crippen LogP contribution in [-0.4, -0.2) is 29.0 Å². The largest absolute Gasteiger partial charge is 0.499 e. The number of nitrogens with zero attached hydrogens (tertiary/aromatic N) is 1. The van der Waals surface area contributed by atoms with Gasteiger partial charge in [-0.2, -0.15) is 22.0 Å². The van der Waals surface area contributed by atoms with Gasteiger partial charge in [-0.1, -0.05) is 12.1 Å². The number of alkyl halides is 5. The predicted molar refractivity (Wildman–Crippen MR) is 92.6 cm³/mol. The molecule has 0 saturated carbocycles. The number of rotatable bonds is 7. The van der Waals surface area contributed by atoms with Crippen LogP contribution in [0.25, 0.3) is 0 Å². The van der Waals surface area contributed by atoms with Crippen molar-refractivity contribution < 1.29 is 36.3 Å². The molecule has 0 bridgehead atoms. The molecule has 1 heterocycles. The zero-order valence-corrected chi connectivity index (χ0v) is 15.4. The van der Waals surface area contributed by atoms with Gasteiger partial charge in [0, 0.05) is 23.9 Å². The van der Waals surface area contributed by atoms with Crippen molar-refractivity contribution in [2.75, 3.05) is 0 Å². The van der Waals surface area contributed by atoms with Crippen molar-refractivity contribution in [1.82, 2.24) is 10.3 Å². The fourth-order valence-electron chi connectivity index (χ4n) is 2.36. The van der Waals surface area contributed by atoms with Gasteiger partial charge in [0.2, 0.25) is 0 Å². The summed E-state index contributed by atoms with van der Waals surface area (Å²) >= 11 is 0. The van der Waals surface area contributed by atoms with Crippen LogP contribution < -0.4 is 10.1 Å². The molecule has 156 valence electrons. The van der Waals surface area contributed by atoms with E-state index in [-0.39, 0.29) is 17.8 Å². The van der Waals surface area contributed by atoms with Crippen LogP contribution in [0.3, 0.4) is 0 Å². The lowest BCUT2D eigenvalue weighted by atomic mass is 10.1. The summed E-state index contributed by atoms with van der Waals surface area (Å²) in [6.45, 7) is 3.00. The average molecular weight is 416 g/mol. The van der Waals surface area contributed by atoms with Crippen LogP contribution in [0.2, 0.25) is 0 Å². The smallest absolute Gasteiger partial charge is 0.426 e. The predicted octanol–water partition coefficient (Wildman–Crippen LogP) is 4.24. The standard InChI is InChI=1S/C19H17F5N2O3/c1-11(27)9-15-10-14(7-8-25-15)17(28)26-12(2)13-3-5-16(6-4-13)29-19(23,24)18(20,21)22/h3-8,10,12H,9H2,1-2H3,(H,26,28). The summed E-state index contributed by atoms with van der Waals surface area (Å²) in [5.74, 6) is -1.24. The fraction of sp³-hybridized carbons (Fsp3) is 0.316. The molecule has 10 heteroatoms. The van der Waals surface area contributed by atoms with Crippen LogP contribution in [-0.2, 0) is 11.2 Å². The number of aromatic nitrogens is 1. The zero-order chi connectivity index (χ0) is 21.8. The third-order valence-corrected chi connectivity index (χ3v) is 3.81. The molecule has 0 radical (unpaired) electrons. The first kappa shape index (κ1) is 22.3. The quantitative estimate of drug-likeness (QED) is 0.686. The summed E-state index contributed by atoms with van der Waals surface area (Å²) in [7, 11) is 0. The lowest BCUT2D eigenvalue weighted by Gasteiger charge is -2.20. The van der Waals surface area contributed by atoms with Gasteiger partial charge in [-0.15, -0.1) is 0 Å². The van der Waals surface area contributed by atoms with Crippen molar-refractivity contribution in [3.8, 4) is 5.75 Å². The van der Waals surface area contributed by atoms with Crippen LogP contribution in [0.1, 0.15) is 41.5 Å². The summed E-state index contributed by atoms with van der Waals surface area (Å²) in [6.07, 6.45) is -9.67. The third-order valence-electron chi connectivity index (χ3n) is 3.81. The van der Waals surface area contributed by atoms with Gasteiger partial charge < -0.3 is 10.1 Å². The molecule has 0 fully saturated rings. The Kier molecular flexibility index (Phi) is 6.55. The Labute approximate surface area is 162 Å². The van der Waals surface area contributed by atoms with Crippen molar-refractivity contribution in [1.29, 1.82) is 0 Å². The molecule has 1 unspecified atom stereocenters. The Morgan fingerprint density at radius 3 is 2.28 bits per heavy atom. The summed E-state index contributed by atoms with van der Waals surface area (Å²) in [5, 5.41) is 2.66. The maximum Gasteiger partial charge on any atom is 0.499 e. The highest BCUT2D eigenvalue weighted by molar-refractivity contribution is 5.94. The number of ether oxygens (including phenoxy) is 1. The summed E-state index contributed by atoms with van der Waals surface area (Å²) in [5.41, 5.74) is 1.16. The molecule has 2 rings (SSSR count). The second kappa shape index (κ2) is 8.54. The maximum absolute atomic E-state index is 12.9. The third kappa shape index (κ3) is 5.97. The Morgan fingerprint density at radius 1 is 1.10 bits per heavy atom. The van der Waals surface area contributed by atoms with E-state index in [1.165, 1.54) is 37.4 Å². The molecule has 0 spiro atoms. The number of Topliss-reactive ketones (excluding diaryl/α,β-unsaturated/α-hetero) is 1. The zero-order valence-electron chi connectivity index (χ0n) is 15.4. The van der Waals surface area contributed by atoms with Crippen molar-refractivity contribution in [2.45, 2.75) is 38.6 Å². The van der Waals surface area contributed by atoms with E-state index < -0.39 is 30.0 Å². The van der Waals surface area contributed by atoms with E-state index in [0.29, 0.717) is 11.3 Å². The number of pyridine rings is 1. The minimum Gasteiger partial charge on any atom is -0.426 e. The fourth-order valence-corrected chi connectivity index (χ4v) is 2.36. The van der Waals surface area contributed by atoms with Gasteiger partial charge in [0.25, 0.3) is 5.91 Å². The molecule has 2 aromatic rings. The van der Waals surface area contributed by atoms with Crippen LogP contribution in [0.15, 0.2) is 42.6 Å². The lowest BCUT2D eigenvalue weighted by molar-refractivity contribution is -0.360. The monoisotopic (exact) mass is 416 g/mol. The highest BCUT2D eigenvalue weighted by Crippen LogP contribution is 2.37. The second-order valence-corrected chi connectivity index (χ2v) is 6.30. The topological polar surface area (TPSA) is 68.3 Å². The van der Waals surface area contributed by atoms with Crippen LogP contribution in [0.4, 0.5) is 22.0 Å². The normalized spacial score (nSPS) is 12.9. The number of nitrogens with one attached hydrogen (secondary N) is 1. The molecular weight excluding hydrogens is 399 g/mol. The minimum atomic E-state index is -5.83. The van der Waals surface area contributed by atoms with E-state index >= 15 is 0 Å². The Bertz CT molecular complexity index is 882. The van der Waals surface area contributed by atoms with E-state index in [9.17, 15) is 31.5 Å². The number of carbonyl (C=O) groups excluding carboxylic acids is 2. The summed E-state index contributed by atoms with van der Waals surface area (Å²) in [4.78, 5) is 27.5. The molecule has 0 aliphatic rings. The van der Waals surface area contributed by atoms with Gasteiger partial charge in [-0.3, -0.25) is 14.6 Å². The molecule has 0 aliphatic carbocycles. The van der Waals surface area contributed by atoms with Crippen LogP contribution in [0.5, 0.6) is 5.75 Å². The number of hydrogen-bond donors (Lipinski definition) is 1. The SMILES string of the molecule is CC(=O)Cc1cc(C(=O)NC(C)c2ccc(OC(F)(F)C(F)(F)F)cc2)ccn1. The van der Waals surface area contributed by atoms with Gasteiger partial charge in [-0.05, 0) is 43.7 Å². The van der Waals surface area contributed by atoms with Crippen molar-refractivity contribution >= 4 is 11.7 Å². The molecule has 1 aromatic heterocycles. The Hall–Kier alpha value is -3.04. The van der Waals surface area contributed by atoms with E-state index in [1.807, 2.05) is 0 Å². The summed E-state index contributed by atoms with van der Waals surface area (Å²) in [6, 6.07) is 6.79. The molecule has 0 saturated heterocycles.